The van der Waals surface area contributed by atoms with Gasteiger partial charge in [0.1, 0.15) is 11.6 Å². The maximum absolute atomic E-state index is 12.9. The fraction of sp³-hybridized carbons (Fsp3) is 0.235. The number of carboxylic acids is 1. The highest BCUT2D eigenvalue weighted by Crippen LogP contribution is 2.28. The van der Waals surface area contributed by atoms with E-state index in [2.05, 4.69) is 5.32 Å². The number of anilines is 1. The zero-order valence-electron chi connectivity index (χ0n) is 12.5. The van der Waals surface area contributed by atoms with Gasteiger partial charge in [0.05, 0.1) is 5.69 Å². The Labute approximate surface area is 128 Å². The molecular weight excluding hydrogens is 285 g/mol. The van der Waals surface area contributed by atoms with E-state index < -0.39 is 11.6 Å². The van der Waals surface area contributed by atoms with Crippen molar-refractivity contribution in [3.8, 4) is 5.75 Å². The second kappa shape index (κ2) is 6.47. The first kappa shape index (κ1) is 15.8. The minimum absolute atomic E-state index is 0.282. The van der Waals surface area contributed by atoms with Gasteiger partial charge in [0.25, 0.3) is 0 Å². The van der Waals surface area contributed by atoms with Gasteiger partial charge in [-0.2, -0.15) is 0 Å². The molecular formula is C17H18FNO3. The molecule has 0 aliphatic carbocycles. The third-order valence-electron chi connectivity index (χ3n) is 3.16. The summed E-state index contributed by atoms with van der Waals surface area (Å²) >= 11 is 0. The van der Waals surface area contributed by atoms with Crippen molar-refractivity contribution >= 4 is 11.7 Å². The number of carboxylic acid groups (broad SMARTS) is 1. The number of ether oxygens (including phenoxy) is 1. The summed E-state index contributed by atoms with van der Waals surface area (Å²) in [6, 6.07) is 13.3. The predicted octanol–water partition coefficient (Wildman–Crippen LogP) is 3.68. The van der Waals surface area contributed by atoms with Gasteiger partial charge >= 0.3 is 5.97 Å². The predicted molar refractivity (Wildman–Crippen MR) is 82.5 cm³/mol. The molecule has 2 aromatic carbocycles. The van der Waals surface area contributed by atoms with Gasteiger partial charge in [-0.05, 0) is 43.7 Å². The van der Waals surface area contributed by atoms with E-state index in [1.807, 2.05) is 6.07 Å². The molecule has 116 valence electrons. The number of benzene rings is 2. The van der Waals surface area contributed by atoms with Crippen LogP contribution in [0.5, 0.6) is 5.75 Å². The average molecular weight is 303 g/mol. The van der Waals surface area contributed by atoms with Gasteiger partial charge < -0.3 is 15.2 Å². The van der Waals surface area contributed by atoms with Gasteiger partial charge in [-0.25, -0.2) is 9.18 Å². The number of aliphatic carboxylic acids is 1. The van der Waals surface area contributed by atoms with Crippen LogP contribution >= 0.6 is 0 Å². The maximum atomic E-state index is 12.9. The monoisotopic (exact) mass is 303 g/mol. The Morgan fingerprint density at radius 1 is 1.18 bits per heavy atom. The Morgan fingerprint density at radius 3 is 2.45 bits per heavy atom. The van der Waals surface area contributed by atoms with Crippen LogP contribution in [0.4, 0.5) is 10.1 Å². The van der Waals surface area contributed by atoms with Crippen molar-refractivity contribution in [2.45, 2.75) is 26.0 Å². The van der Waals surface area contributed by atoms with E-state index in [-0.39, 0.29) is 5.82 Å². The van der Waals surface area contributed by atoms with E-state index in [1.165, 1.54) is 26.0 Å². The van der Waals surface area contributed by atoms with Crippen LogP contribution in [-0.2, 0) is 11.3 Å². The maximum Gasteiger partial charge on any atom is 0.347 e. The molecule has 0 aliphatic rings. The SMILES string of the molecule is CC(C)(Oc1ccccc1NCc1ccc(F)cc1)C(=O)O. The van der Waals surface area contributed by atoms with Gasteiger partial charge in [-0.3, -0.25) is 0 Å². The summed E-state index contributed by atoms with van der Waals surface area (Å²) in [6.07, 6.45) is 0. The molecule has 22 heavy (non-hydrogen) atoms. The van der Waals surface area contributed by atoms with Crippen LogP contribution in [0, 0.1) is 5.82 Å². The molecule has 0 radical (unpaired) electrons. The van der Waals surface area contributed by atoms with Crippen LogP contribution in [0.1, 0.15) is 19.4 Å². The van der Waals surface area contributed by atoms with Crippen LogP contribution in [0.3, 0.4) is 0 Å². The van der Waals surface area contributed by atoms with E-state index in [4.69, 9.17) is 9.84 Å². The van der Waals surface area contributed by atoms with Crippen molar-refractivity contribution in [3.05, 3.63) is 59.9 Å². The quantitative estimate of drug-likeness (QED) is 0.854. The van der Waals surface area contributed by atoms with E-state index in [0.29, 0.717) is 18.0 Å². The fourth-order valence-electron chi connectivity index (χ4n) is 1.82. The minimum Gasteiger partial charge on any atom is -0.478 e. The molecule has 2 N–H and O–H groups in total. The molecule has 0 heterocycles. The van der Waals surface area contributed by atoms with Crippen LogP contribution in [0.25, 0.3) is 0 Å². The Bertz CT molecular complexity index is 653. The van der Waals surface area contributed by atoms with Crippen molar-refractivity contribution in [3.63, 3.8) is 0 Å². The molecule has 0 saturated carbocycles. The molecule has 4 nitrogen and oxygen atoms in total. The molecule has 0 unspecified atom stereocenters. The summed E-state index contributed by atoms with van der Waals surface area (Å²) in [7, 11) is 0. The third kappa shape index (κ3) is 3.97. The van der Waals surface area contributed by atoms with Crippen molar-refractivity contribution in [1.82, 2.24) is 0 Å². The summed E-state index contributed by atoms with van der Waals surface area (Å²) < 4.78 is 18.5. The standard InChI is InChI=1S/C17H18FNO3/c1-17(2,16(20)21)22-15-6-4-3-5-14(15)19-11-12-7-9-13(18)10-8-12/h3-10,19H,11H2,1-2H3,(H,20,21). The molecule has 0 atom stereocenters. The zero-order chi connectivity index (χ0) is 16.2. The van der Waals surface area contributed by atoms with Crippen LogP contribution in [0.2, 0.25) is 0 Å². The van der Waals surface area contributed by atoms with Crippen molar-refractivity contribution in [2.75, 3.05) is 5.32 Å². The highest BCUT2D eigenvalue weighted by molar-refractivity contribution is 5.77. The highest BCUT2D eigenvalue weighted by Gasteiger charge is 2.30. The number of halogens is 1. The molecule has 0 fully saturated rings. The van der Waals surface area contributed by atoms with Gasteiger partial charge in [0.2, 0.25) is 0 Å². The summed E-state index contributed by atoms with van der Waals surface area (Å²) in [5.41, 5.74) is 0.267. The van der Waals surface area contributed by atoms with E-state index in [9.17, 15) is 9.18 Å². The lowest BCUT2D eigenvalue weighted by molar-refractivity contribution is -0.152. The summed E-state index contributed by atoms with van der Waals surface area (Å²) in [5.74, 6) is -0.867. The smallest absolute Gasteiger partial charge is 0.347 e. The van der Waals surface area contributed by atoms with Gasteiger partial charge in [0, 0.05) is 6.54 Å². The lowest BCUT2D eigenvalue weighted by Crippen LogP contribution is -2.38. The summed E-state index contributed by atoms with van der Waals surface area (Å²) in [5, 5.41) is 12.3. The second-order valence-corrected chi connectivity index (χ2v) is 5.39. The number of rotatable bonds is 6. The largest absolute Gasteiger partial charge is 0.478 e. The average Bonchev–Trinajstić information content (AvgIpc) is 2.47. The molecule has 0 saturated heterocycles. The lowest BCUT2D eigenvalue weighted by Gasteiger charge is -2.23. The number of carbonyl (C=O) groups is 1. The fourth-order valence-corrected chi connectivity index (χ4v) is 1.82. The molecule has 0 bridgehead atoms. The van der Waals surface area contributed by atoms with E-state index in [0.717, 1.165) is 5.56 Å². The first-order valence-electron chi connectivity index (χ1n) is 6.88. The van der Waals surface area contributed by atoms with Crippen LogP contribution in [-0.4, -0.2) is 16.7 Å². The molecule has 2 aromatic rings. The van der Waals surface area contributed by atoms with Crippen molar-refractivity contribution < 1.29 is 19.0 Å². The number of nitrogens with one attached hydrogen (secondary N) is 1. The Morgan fingerprint density at radius 2 is 1.82 bits per heavy atom. The Hall–Kier alpha value is -2.56. The molecule has 0 aliphatic heterocycles. The summed E-state index contributed by atoms with van der Waals surface area (Å²) in [6.45, 7) is 3.46. The Balaban J connectivity index is 2.11. The number of para-hydroxylation sites is 2. The first-order chi connectivity index (χ1) is 10.4. The first-order valence-corrected chi connectivity index (χ1v) is 6.88. The molecule has 5 heteroatoms. The molecule has 0 spiro atoms. The van der Waals surface area contributed by atoms with E-state index >= 15 is 0 Å². The van der Waals surface area contributed by atoms with Crippen molar-refractivity contribution in [1.29, 1.82) is 0 Å². The third-order valence-corrected chi connectivity index (χ3v) is 3.16. The second-order valence-electron chi connectivity index (χ2n) is 5.39. The molecule has 0 amide bonds. The van der Waals surface area contributed by atoms with Crippen LogP contribution < -0.4 is 10.1 Å². The normalized spacial score (nSPS) is 11.0. The molecule has 0 aromatic heterocycles. The highest BCUT2D eigenvalue weighted by atomic mass is 19.1. The summed E-state index contributed by atoms with van der Waals surface area (Å²) in [4.78, 5) is 11.2. The molecule has 2 rings (SSSR count). The topological polar surface area (TPSA) is 58.6 Å². The van der Waals surface area contributed by atoms with Gasteiger partial charge in [0.15, 0.2) is 5.60 Å². The van der Waals surface area contributed by atoms with Gasteiger partial charge in [-0.15, -0.1) is 0 Å². The van der Waals surface area contributed by atoms with E-state index in [1.54, 1.807) is 30.3 Å². The number of hydrogen-bond acceptors (Lipinski definition) is 3. The van der Waals surface area contributed by atoms with Gasteiger partial charge in [-0.1, -0.05) is 24.3 Å². The van der Waals surface area contributed by atoms with Crippen molar-refractivity contribution in [2.24, 2.45) is 0 Å². The van der Waals surface area contributed by atoms with Crippen LogP contribution in [0.15, 0.2) is 48.5 Å². The minimum atomic E-state index is -1.33. The lowest BCUT2D eigenvalue weighted by atomic mass is 10.1. The Kier molecular flexibility index (Phi) is 4.65. The zero-order valence-corrected chi connectivity index (χ0v) is 12.5. The number of hydrogen-bond donors (Lipinski definition) is 2.